The van der Waals surface area contributed by atoms with Gasteiger partial charge in [-0.1, -0.05) is 6.07 Å². The van der Waals surface area contributed by atoms with E-state index in [0.717, 1.165) is 19.6 Å². The molecule has 1 aliphatic rings. The highest BCUT2D eigenvalue weighted by molar-refractivity contribution is 7.09. The van der Waals surface area contributed by atoms with E-state index in [-0.39, 0.29) is 0 Å². The molecule has 0 aromatic carbocycles. The van der Waals surface area contributed by atoms with Gasteiger partial charge in [0.25, 0.3) is 0 Å². The van der Waals surface area contributed by atoms with Crippen LogP contribution in [-0.2, 0) is 6.54 Å². The zero-order valence-electron chi connectivity index (χ0n) is 11.7. The van der Waals surface area contributed by atoms with E-state index in [4.69, 9.17) is 0 Å². The number of pyridine rings is 1. The van der Waals surface area contributed by atoms with Crippen LogP contribution in [0.4, 0.5) is 0 Å². The quantitative estimate of drug-likeness (QED) is 0.917. The molecule has 0 radical (unpaired) electrons. The minimum Gasteiger partial charge on any atom is -0.311 e. The fraction of sp³-hybridized carbons (Fsp3) is 0.467. The lowest BCUT2D eigenvalue weighted by Crippen LogP contribution is -2.28. The summed E-state index contributed by atoms with van der Waals surface area (Å²) in [5.74, 6) is 0.650. The first-order valence-electron chi connectivity index (χ1n) is 7.03. The van der Waals surface area contributed by atoms with Crippen molar-refractivity contribution in [2.24, 2.45) is 5.92 Å². The Hall–Kier alpha value is -1.30. The molecule has 1 N–H and O–H groups in total. The standard InChI is InChI=1S/C15H20N4S/c1-19-6-4-13(8-17-9-14-10-18-11-20-14)15(19)12-3-2-5-16-7-12/h2-3,5,7,10-11,13,15,17H,4,6,8-9H2,1H3/t13-,15-/m0/s1. The van der Waals surface area contributed by atoms with E-state index >= 15 is 0 Å². The Kier molecular flexibility index (Phi) is 4.40. The van der Waals surface area contributed by atoms with Gasteiger partial charge in [-0.3, -0.25) is 14.9 Å². The zero-order chi connectivity index (χ0) is 13.8. The van der Waals surface area contributed by atoms with Gasteiger partial charge in [0, 0.05) is 42.6 Å². The number of aromatic nitrogens is 2. The maximum absolute atomic E-state index is 4.27. The predicted molar refractivity (Wildman–Crippen MR) is 81.5 cm³/mol. The minimum atomic E-state index is 0.484. The second kappa shape index (κ2) is 6.43. The van der Waals surface area contributed by atoms with Gasteiger partial charge in [0.05, 0.1) is 5.51 Å². The van der Waals surface area contributed by atoms with E-state index in [1.54, 1.807) is 11.3 Å². The van der Waals surface area contributed by atoms with Crippen molar-refractivity contribution in [3.05, 3.63) is 46.7 Å². The van der Waals surface area contributed by atoms with Gasteiger partial charge in [0.15, 0.2) is 0 Å². The van der Waals surface area contributed by atoms with E-state index < -0.39 is 0 Å². The number of hydrogen-bond donors (Lipinski definition) is 1. The third-order valence-corrected chi connectivity index (χ3v) is 4.77. The van der Waals surface area contributed by atoms with Crippen molar-refractivity contribution in [3.8, 4) is 0 Å². The van der Waals surface area contributed by atoms with Crippen LogP contribution >= 0.6 is 11.3 Å². The van der Waals surface area contributed by atoms with Crippen LogP contribution in [0.3, 0.4) is 0 Å². The van der Waals surface area contributed by atoms with Gasteiger partial charge in [0.2, 0.25) is 0 Å². The van der Waals surface area contributed by atoms with Gasteiger partial charge in [-0.2, -0.15) is 0 Å². The molecule has 1 aliphatic heterocycles. The summed E-state index contributed by atoms with van der Waals surface area (Å²) >= 11 is 1.71. The molecule has 0 bridgehead atoms. The summed E-state index contributed by atoms with van der Waals surface area (Å²) in [6.45, 7) is 3.12. The first-order chi connectivity index (χ1) is 9.84. The average Bonchev–Trinajstić information content (AvgIpc) is 3.10. The molecular weight excluding hydrogens is 268 g/mol. The van der Waals surface area contributed by atoms with Gasteiger partial charge >= 0.3 is 0 Å². The van der Waals surface area contributed by atoms with Crippen LogP contribution in [0.15, 0.2) is 36.2 Å². The molecule has 0 aliphatic carbocycles. The molecule has 4 nitrogen and oxygen atoms in total. The Morgan fingerprint density at radius 1 is 1.40 bits per heavy atom. The molecule has 0 unspecified atom stereocenters. The van der Waals surface area contributed by atoms with Crippen LogP contribution in [-0.4, -0.2) is 35.0 Å². The number of likely N-dealkylation sites (tertiary alicyclic amines) is 1. The van der Waals surface area contributed by atoms with E-state index in [0.29, 0.717) is 12.0 Å². The third-order valence-electron chi connectivity index (χ3n) is 3.99. The molecule has 2 aromatic heterocycles. The Bertz CT molecular complexity index is 514. The maximum atomic E-state index is 4.27. The highest BCUT2D eigenvalue weighted by Gasteiger charge is 2.32. The molecule has 1 saturated heterocycles. The maximum Gasteiger partial charge on any atom is 0.0794 e. The second-order valence-electron chi connectivity index (χ2n) is 5.36. The molecule has 2 atom stereocenters. The van der Waals surface area contributed by atoms with E-state index in [1.807, 2.05) is 30.2 Å². The van der Waals surface area contributed by atoms with Gasteiger partial charge in [-0.15, -0.1) is 11.3 Å². The SMILES string of the molecule is CN1CC[C@@H](CNCc2cncs2)[C@@H]1c1cccnc1. The van der Waals surface area contributed by atoms with Crippen molar-refractivity contribution in [2.45, 2.75) is 19.0 Å². The lowest BCUT2D eigenvalue weighted by atomic mass is 9.95. The highest BCUT2D eigenvalue weighted by atomic mass is 32.1. The number of hydrogen-bond acceptors (Lipinski definition) is 5. The summed E-state index contributed by atoms with van der Waals surface area (Å²) in [6.07, 6.45) is 7.03. The summed E-state index contributed by atoms with van der Waals surface area (Å²) in [5.41, 5.74) is 3.22. The van der Waals surface area contributed by atoms with Crippen molar-refractivity contribution in [2.75, 3.05) is 20.1 Å². The van der Waals surface area contributed by atoms with Crippen molar-refractivity contribution in [1.82, 2.24) is 20.2 Å². The van der Waals surface area contributed by atoms with Crippen LogP contribution in [0.5, 0.6) is 0 Å². The minimum absolute atomic E-state index is 0.484. The van der Waals surface area contributed by atoms with Crippen LogP contribution < -0.4 is 5.32 Å². The van der Waals surface area contributed by atoms with Crippen LogP contribution in [0, 0.1) is 5.92 Å². The fourth-order valence-electron chi connectivity index (χ4n) is 3.03. The monoisotopic (exact) mass is 288 g/mol. The summed E-state index contributed by atoms with van der Waals surface area (Å²) in [5, 5.41) is 3.57. The van der Waals surface area contributed by atoms with Crippen molar-refractivity contribution in [3.63, 3.8) is 0 Å². The summed E-state index contributed by atoms with van der Waals surface area (Å²) < 4.78 is 0. The topological polar surface area (TPSA) is 41.0 Å². The Morgan fingerprint density at radius 2 is 2.35 bits per heavy atom. The Morgan fingerprint density at radius 3 is 3.10 bits per heavy atom. The molecule has 3 rings (SSSR count). The molecule has 106 valence electrons. The normalized spacial score (nSPS) is 23.2. The van der Waals surface area contributed by atoms with Crippen LogP contribution in [0.25, 0.3) is 0 Å². The van der Waals surface area contributed by atoms with Crippen LogP contribution in [0.2, 0.25) is 0 Å². The van der Waals surface area contributed by atoms with Crippen molar-refractivity contribution >= 4 is 11.3 Å². The molecule has 0 saturated carbocycles. The Balaban J connectivity index is 1.60. The number of nitrogens with one attached hydrogen (secondary N) is 1. The first-order valence-corrected chi connectivity index (χ1v) is 7.91. The van der Waals surface area contributed by atoms with Crippen molar-refractivity contribution < 1.29 is 0 Å². The average molecular weight is 288 g/mol. The molecule has 5 heteroatoms. The molecule has 0 amide bonds. The smallest absolute Gasteiger partial charge is 0.0794 e. The molecule has 1 fully saturated rings. The number of thiazole rings is 1. The zero-order valence-corrected chi connectivity index (χ0v) is 12.5. The second-order valence-corrected chi connectivity index (χ2v) is 6.33. The van der Waals surface area contributed by atoms with Gasteiger partial charge in [-0.05, 0) is 37.6 Å². The van der Waals surface area contributed by atoms with E-state index in [1.165, 1.54) is 16.9 Å². The Labute approximate surface area is 123 Å². The van der Waals surface area contributed by atoms with E-state index in [9.17, 15) is 0 Å². The summed E-state index contributed by atoms with van der Waals surface area (Å²) in [6, 6.07) is 4.71. The van der Waals surface area contributed by atoms with E-state index in [2.05, 4.69) is 33.3 Å². The van der Waals surface area contributed by atoms with Gasteiger partial charge in [-0.25, -0.2) is 0 Å². The fourth-order valence-corrected chi connectivity index (χ4v) is 3.59. The predicted octanol–water partition coefficient (Wildman–Crippen LogP) is 2.32. The summed E-state index contributed by atoms with van der Waals surface area (Å²) in [7, 11) is 2.21. The highest BCUT2D eigenvalue weighted by Crippen LogP contribution is 2.35. The lowest BCUT2D eigenvalue weighted by Gasteiger charge is -2.25. The largest absolute Gasteiger partial charge is 0.311 e. The van der Waals surface area contributed by atoms with Gasteiger partial charge in [0.1, 0.15) is 0 Å². The van der Waals surface area contributed by atoms with Crippen molar-refractivity contribution in [1.29, 1.82) is 0 Å². The number of rotatable bonds is 5. The molecular formula is C15H20N4S. The molecule has 0 spiro atoms. The third kappa shape index (κ3) is 3.06. The first kappa shape index (κ1) is 13.7. The van der Waals surface area contributed by atoms with Crippen LogP contribution in [0.1, 0.15) is 22.9 Å². The molecule has 2 aromatic rings. The van der Waals surface area contributed by atoms with Gasteiger partial charge < -0.3 is 5.32 Å². The number of nitrogens with zero attached hydrogens (tertiary/aromatic N) is 3. The summed E-state index contributed by atoms with van der Waals surface area (Å²) in [4.78, 5) is 12.1. The molecule has 20 heavy (non-hydrogen) atoms. The molecule has 3 heterocycles. The lowest BCUT2D eigenvalue weighted by molar-refractivity contribution is 0.271.